The lowest BCUT2D eigenvalue weighted by atomic mass is 10.1. The smallest absolute Gasteiger partial charge is 0.0992 e. The molecule has 1 N–H and O–H groups in total. The summed E-state index contributed by atoms with van der Waals surface area (Å²) in [6.45, 7) is 8.88. The first kappa shape index (κ1) is 13.9. The van der Waals surface area contributed by atoms with E-state index < -0.39 is 0 Å². The highest BCUT2D eigenvalue weighted by molar-refractivity contribution is 5.55. The molecule has 0 aliphatic carbocycles. The molecule has 1 fully saturated rings. The van der Waals surface area contributed by atoms with Gasteiger partial charge in [0.25, 0.3) is 0 Å². The zero-order valence-electron chi connectivity index (χ0n) is 11.6. The van der Waals surface area contributed by atoms with Crippen LogP contribution in [0.4, 0.5) is 5.69 Å². The maximum Gasteiger partial charge on any atom is 0.0992 e. The quantitative estimate of drug-likeness (QED) is 0.898. The van der Waals surface area contributed by atoms with Crippen molar-refractivity contribution in [3.63, 3.8) is 0 Å². The topological polar surface area (TPSA) is 48.3 Å². The van der Waals surface area contributed by atoms with Crippen molar-refractivity contribution in [2.45, 2.75) is 20.0 Å². The number of nitrogens with zero attached hydrogens (tertiary/aromatic N) is 2. The Bertz CT molecular complexity index is 467. The normalized spacial score (nSPS) is 19.9. The Morgan fingerprint density at radius 1 is 1.53 bits per heavy atom. The van der Waals surface area contributed by atoms with Crippen molar-refractivity contribution in [3.05, 3.63) is 29.3 Å². The van der Waals surface area contributed by atoms with Gasteiger partial charge in [0, 0.05) is 25.3 Å². The maximum absolute atomic E-state index is 8.93. The Morgan fingerprint density at radius 2 is 2.37 bits per heavy atom. The van der Waals surface area contributed by atoms with Gasteiger partial charge in [-0.3, -0.25) is 4.90 Å². The molecule has 1 aromatic carbocycles. The van der Waals surface area contributed by atoms with E-state index in [-0.39, 0.29) is 6.10 Å². The largest absolute Gasteiger partial charge is 0.382 e. The maximum atomic E-state index is 8.93. The lowest BCUT2D eigenvalue weighted by Crippen LogP contribution is -2.45. The zero-order chi connectivity index (χ0) is 13.7. The molecule has 19 heavy (non-hydrogen) atoms. The second-order valence-electron chi connectivity index (χ2n) is 4.91. The van der Waals surface area contributed by atoms with Crippen LogP contribution < -0.4 is 5.32 Å². The minimum Gasteiger partial charge on any atom is -0.382 e. The first-order chi connectivity index (χ1) is 9.22. The van der Waals surface area contributed by atoms with Gasteiger partial charge in [-0.1, -0.05) is 13.0 Å². The number of aryl methyl sites for hydroxylation is 1. The molecule has 0 amide bonds. The Balaban J connectivity index is 1.93. The predicted octanol–water partition coefficient (Wildman–Crippen LogP) is 2.00. The van der Waals surface area contributed by atoms with E-state index in [4.69, 9.17) is 10.00 Å². The van der Waals surface area contributed by atoms with Crippen LogP contribution in [0.2, 0.25) is 0 Å². The second-order valence-corrected chi connectivity index (χ2v) is 4.91. The molecular weight excluding hydrogens is 238 g/mol. The van der Waals surface area contributed by atoms with Crippen molar-refractivity contribution in [2.75, 3.05) is 38.1 Å². The number of benzene rings is 1. The van der Waals surface area contributed by atoms with Gasteiger partial charge in [0.1, 0.15) is 0 Å². The summed E-state index contributed by atoms with van der Waals surface area (Å²) in [6.07, 6.45) is 0.221. The first-order valence-corrected chi connectivity index (χ1v) is 6.81. The van der Waals surface area contributed by atoms with Gasteiger partial charge < -0.3 is 10.1 Å². The lowest BCUT2D eigenvalue weighted by Gasteiger charge is -2.32. The van der Waals surface area contributed by atoms with Crippen LogP contribution in [0.3, 0.4) is 0 Å². The molecule has 0 radical (unpaired) electrons. The van der Waals surface area contributed by atoms with Gasteiger partial charge in [-0.15, -0.1) is 0 Å². The van der Waals surface area contributed by atoms with Crippen LogP contribution >= 0.6 is 0 Å². The van der Waals surface area contributed by atoms with E-state index >= 15 is 0 Å². The summed E-state index contributed by atoms with van der Waals surface area (Å²) in [4.78, 5) is 2.40. The number of hydrogen-bond acceptors (Lipinski definition) is 4. The van der Waals surface area contributed by atoms with Crippen LogP contribution in [0.15, 0.2) is 18.2 Å². The molecule has 4 heteroatoms. The van der Waals surface area contributed by atoms with Crippen LogP contribution in [-0.4, -0.2) is 43.8 Å². The lowest BCUT2D eigenvalue weighted by molar-refractivity contribution is -0.0191. The van der Waals surface area contributed by atoms with Crippen molar-refractivity contribution in [2.24, 2.45) is 0 Å². The molecule has 1 aromatic rings. The van der Waals surface area contributed by atoms with Crippen LogP contribution in [-0.2, 0) is 4.74 Å². The van der Waals surface area contributed by atoms with Crippen molar-refractivity contribution in [1.82, 2.24) is 4.90 Å². The molecule has 2 rings (SSSR count). The number of rotatable bonds is 4. The van der Waals surface area contributed by atoms with E-state index in [9.17, 15) is 0 Å². The minimum absolute atomic E-state index is 0.221. The van der Waals surface area contributed by atoms with Crippen LogP contribution in [0.5, 0.6) is 0 Å². The third-order valence-corrected chi connectivity index (χ3v) is 3.56. The van der Waals surface area contributed by atoms with E-state index in [0.29, 0.717) is 5.56 Å². The number of ether oxygens (including phenoxy) is 1. The van der Waals surface area contributed by atoms with Crippen molar-refractivity contribution in [3.8, 4) is 6.07 Å². The molecule has 1 heterocycles. The second kappa shape index (κ2) is 6.55. The Hall–Kier alpha value is -1.57. The molecule has 1 aliphatic heterocycles. The molecule has 0 aromatic heterocycles. The molecule has 1 saturated heterocycles. The Morgan fingerprint density at radius 3 is 3.11 bits per heavy atom. The molecule has 0 spiro atoms. The van der Waals surface area contributed by atoms with E-state index in [2.05, 4.69) is 23.2 Å². The molecule has 102 valence electrons. The fourth-order valence-corrected chi connectivity index (χ4v) is 2.30. The molecule has 1 aliphatic rings. The zero-order valence-corrected chi connectivity index (χ0v) is 11.6. The van der Waals surface area contributed by atoms with Gasteiger partial charge in [-0.05, 0) is 31.2 Å². The number of nitrogens with one attached hydrogen (secondary N) is 1. The summed E-state index contributed by atoms with van der Waals surface area (Å²) in [5.74, 6) is 0. The summed E-state index contributed by atoms with van der Waals surface area (Å²) in [7, 11) is 0. The highest BCUT2D eigenvalue weighted by Gasteiger charge is 2.18. The Labute approximate surface area is 115 Å². The number of hydrogen-bond donors (Lipinski definition) is 1. The van der Waals surface area contributed by atoms with Gasteiger partial charge in [0.2, 0.25) is 0 Å². The van der Waals surface area contributed by atoms with Gasteiger partial charge in [-0.2, -0.15) is 5.26 Å². The van der Waals surface area contributed by atoms with E-state index in [0.717, 1.165) is 44.0 Å². The molecule has 1 atom stereocenters. The standard InChI is InChI=1S/C15H21N3O/c1-3-18-6-7-19-14(11-18)10-17-15-8-13(9-16)5-4-12(15)2/h4-5,8,14,17H,3,6-7,10-11H2,1-2H3. The Kier molecular flexibility index (Phi) is 4.78. The first-order valence-electron chi connectivity index (χ1n) is 6.81. The van der Waals surface area contributed by atoms with Gasteiger partial charge in [-0.25, -0.2) is 0 Å². The summed E-state index contributed by atoms with van der Waals surface area (Å²) in [5, 5.41) is 12.3. The van der Waals surface area contributed by atoms with E-state index in [1.54, 1.807) is 0 Å². The SMILES string of the molecule is CCN1CCOC(CNc2cc(C#N)ccc2C)C1. The molecule has 0 bridgehead atoms. The molecule has 1 unspecified atom stereocenters. The molecule has 0 saturated carbocycles. The minimum atomic E-state index is 0.221. The fourth-order valence-electron chi connectivity index (χ4n) is 2.30. The summed E-state index contributed by atoms with van der Waals surface area (Å²) < 4.78 is 5.76. The average Bonchev–Trinajstić information content (AvgIpc) is 2.46. The monoisotopic (exact) mass is 259 g/mol. The van der Waals surface area contributed by atoms with Gasteiger partial charge in [0.15, 0.2) is 0 Å². The number of likely N-dealkylation sites (N-methyl/N-ethyl adjacent to an activating group) is 1. The van der Waals surface area contributed by atoms with Crippen LogP contribution in [0, 0.1) is 18.3 Å². The van der Waals surface area contributed by atoms with Crippen LogP contribution in [0.1, 0.15) is 18.1 Å². The third-order valence-electron chi connectivity index (χ3n) is 3.56. The number of nitriles is 1. The predicted molar refractivity (Wildman–Crippen MR) is 76.2 cm³/mol. The summed E-state index contributed by atoms with van der Waals surface area (Å²) >= 11 is 0. The third kappa shape index (κ3) is 3.69. The molecule has 4 nitrogen and oxygen atoms in total. The van der Waals surface area contributed by atoms with E-state index in [1.807, 2.05) is 25.1 Å². The van der Waals surface area contributed by atoms with Gasteiger partial charge in [0.05, 0.1) is 24.3 Å². The molecular formula is C15H21N3O. The van der Waals surface area contributed by atoms with Gasteiger partial charge >= 0.3 is 0 Å². The highest BCUT2D eigenvalue weighted by atomic mass is 16.5. The van der Waals surface area contributed by atoms with E-state index in [1.165, 1.54) is 0 Å². The summed E-state index contributed by atoms with van der Waals surface area (Å²) in [5.41, 5.74) is 2.87. The number of morpholine rings is 1. The van der Waals surface area contributed by atoms with Crippen molar-refractivity contribution in [1.29, 1.82) is 5.26 Å². The number of anilines is 1. The van der Waals surface area contributed by atoms with Crippen LogP contribution in [0.25, 0.3) is 0 Å². The van der Waals surface area contributed by atoms with Crippen molar-refractivity contribution < 1.29 is 4.74 Å². The fraction of sp³-hybridized carbons (Fsp3) is 0.533. The highest BCUT2D eigenvalue weighted by Crippen LogP contribution is 2.17. The average molecular weight is 259 g/mol. The van der Waals surface area contributed by atoms with Crippen molar-refractivity contribution >= 4 is 5.69 Å². The summed E-state index contributed by atoms with van der Waals surface area (Å²) in [6, 6.07) is 7.88.